The molecule has 2 aliphatic carbocycles. The van der Waals surface area contributed by atoms with Gasteiger partial charge in [-0.25, -0.2) is 0 Å². The van der Waals surface area contributed by atoms with Crippen molar-refractivity contribution in [1.29, 1.82) is 0 Å². The Balaban J connectivity index is 1.17. The highest BCUT2D eigenvalue weighted by atomic mass is 16.8. The number of ether oxygens (including phenoxy) is 5. The molecule has 2 saturated heterocycles. The molecular weight excluding hydrogens is 296 g/mol. The molecule has 4 rings (SSSR count). The molecule has 4 fully saturated rings. The van der Waals surface area contributed by atoms with Gasteiger partial charge in [0.2, 0.25) is 0 Å². The number of rotatable bonds is 4. The Bertz CT molecular complexity index is 351. The van der Waals surface area contributed by atoms with E-state index in [4.69, 9.17) is 23.7 Å². The summed E-state index contributed by atoms with van der Waals surface area (Å²) in [4.78, 5) is 0. The molecule has 4 aliphatic rings. The highest BCUT2D eigenvalue weighted by Gasteiger charge is 2.44. The lowest BCUT2D eigenvalue weighted by Crippen LogP contribution is -2.35. The molecule has 23 heavy (non-hydrogen) atoms. The summed E-state index contributed by atoms with van der Waals surface area (Å²) in [6, 6.07) is 0. The Kier molecular flexibility index (Phi) is 4.93. The predicted octanol–water partition coefficient (Wildman–Crippen LogP) is 3.15. The van der Waals surface area contributed by atoms with Crippen LogP contribution in [0.15, 0.2) is 0 Å². The Morgan fingerprint density at radius 2 is 1.09 bits per heavy atom. The maximum Gasteiger partial charge on any atom is 0.169 e. The van der Waals surface area contributed by atoms with E-state index in [1.54, 1.807) is 0 Å². The van der Waals surface area contributed by atoms with E-state index in [0.29, 0.717) is 26.4 Å². The third kappa shape index (κ3) is 3.74. The first-order chi connectivity index (χ1) is 11.3. The molecule has 5 nitrogen and oxygen atoms in total. The summed E-state index contributed by atoms with van der Waals surface area (Å²) in [5, 5.41) is 0. The van der Waals surface area contributed by atoms with Crippen molar-refractivity contribution in [1.82, 2.24) is 0 Å². The van der Waals surface area contributed by atoms with Crippen molar-refractivity contribution < 1.29 is 23.7 Å². The molecule has 2 saturated carbocycles. The minimum atomic E-state index is -0.300. The van der Waals surface area contributed by atoms with E-state index in [1.807, 2.05) is 0 Å². The Labute approximate surface area is 138 Å². The van der Waals surface area contributed by atoms with Crippen LogP contribution in [0, 0.1) is 0 Å². The van der Waals surface area contributed by atoms with Gasteiger partial charge in [-0.3, -0.25) is 0 Å². The largest absolute Gasteiger partial charge is 0.376 e. The zero-order valence-corrected chi connectivity index (χ0v) is 14.1. The van der Waals surface area contributed by atoms with Crippen LogP contribution in [0.5, 0.6) is 0 Å². The highest BCUT2D eigenvalue weighted by Crippen LogP contribution is 2.39. The third-order valence-corrected chi connectivity index (χ3v) is 5.67. The average Bonchev–Trinajstić information content (AvgIpc) is 3.14. The van der Waals surface area contributed by atoms with Crippen LogP contribution >= 0.6 is 0 Å². The van der Waals surface area contributed by atoms with Crippen molar-refractivity contribution in [3.05, 3.63) is 0 Å². The van der Waals surface area contributed by atoms with E-state index in [2.05, 4.69) is 0 Å². The Morgan fingerprint density at radius 1 is 0.652 bits per heavy atom. The molecule has 5 heteroatoms. The molecule has 0 bridgehead atoms. The normalized spacial score (nSPS) is 36.0. The molecule has 0 aromatic rings. The van der Waals surface area contributed by atoms with Crippen molar-refractivity contribution in [2.24, 2.45) is 0 Å². The minimum absolute atomic E-state index is 0.0686. The fourth-order valence-corrected chi connectivity index (χ4v) is 4.43. The van der Waals surface area contributed by atoms with Gasteiger partial charge in [-0.1, -0.05) is 12.8 Å². The molecule has 2 atom stereocenters. The van der Waals surface area contributed by atoms with Gasteiger partial charge in [0, 0.05) is 25.7 Å². The van der Waals surface area contributed by atoms with Crippen LogP contribution in [-0.2, 0) is 23.7 Å². The molecular formula is C18H30O5. The van der Waals surface area contributed by atoms with Gasteiger partial charge in [-0.2, -0.15) is 0 Å². The smallest absolute Gasteiger partial charge is 0.169 e. The van der Waals surface area contributed by atoms with Gasteiger partial charge in [-0.05, 0) is 25.7 Å². The van der Waals surface area contributed by atoms with E-state index in [9.17, 15) is 0 Å². The first kappa shape index (κ1) is 16.3. The monoisotopic (exact) mass is 326 g/mol. The molecule has 0 radical (unpaired) electrons. The number of hydrogen-bond acceptors (Lipinski definition) is 5. The second-order valence-electron chi connectivity index (χ2n) is 7.58. The van der Waals surface area contributed by atoms with E-state index >= 15 is 0 Å². The Hall–Kier alpha value is -0.200. The molecule has 2 unspecified atom stereocenters. The molecule has 2 aliphatic heterocycles. The van der Waals surface area contributed by atoms with Gasteiger partial charge in [0.25, 0.3) is 0 Å². The lowest BCUT2D eigenvalue weighted by atomic mass is 9.94. The van der Waals surface area contributed by atoms with Gasteiger partial charge < -0.3 is 23.7 Å². The van der Waals surface area contributed by atoms with Crippen LogP contribution in [0.1, 0.15) is 64.2 Å². The summed E-state index contributed by atoms with van der Waals surface area (Å²) in [5.74, 6) is -0.600. The summed E-state index contributed by atoms with van der Waals surface area (Å²) >= 11 is 0. The second kappa shape index (κ2) is 6.96. The predicted molar refractivity (Wildman–Crippen MR) is 84.1 cm³/mol. The fourth-order valence-electron chi connectivity index (χ4n) is 4.43. The van der Waals surface area contributed by atoms with Gasteiger partial charge in [-0.15, -0.1) is 0 Å². The Morgan fingerprint density at radius 3 is 1.52 bits per heavy atom. The van der Waals surface area contributed by atoms with Crippen LogP contribution in [-0.4, -0.2) is 50.2 Å². The molecule has 2 heterocycles. The maximum absolute atomic E-state index is 6.15. The lowest BCUT2D eigenvalue weighted by molar-refractivity contribution is -0.198. The molecule has 0 aromatic carbocycles. The highest BCUT2D eigenvalue weighted by molar-refractivity contribution is 4.84. The van der Waals surface area contributed by atoms with Crippen molar-refractivity contribution >= 4 is 0 Å². The van der Waals surface area contributed by atoms with E-state index in [-0.39, 0.29) is 23.8 Å². The molecule has 0 amide bonds. The number of hydrogen-bond donors (Lipinski definition) is 0. The van der Waals surface area contributed by atoms with Crippen LogP contribution in [0.3, 0.4) is 0 Å². The molecule has 0 N–H and O–H groups in total. The van der Waals surface area contributed by atoms with Crippen molar-refractivity contribution in [2.75, 3.05) is 26.4 Å². The average molecular weight is 326 g/mol. The molecule has 2 spiro atoms. The van der Waals surface area contributed by atoms with Gasteiger partial charge in [0.05, 0.1) is 26.4 Å². The zero-order valence-electron chi connectivity index (χ0n) is 14.1. The topological polar surface area (TPSA) is 46.2 Å². The second-order valence-corrected chi connectivity index (χ2v) is 7.58. The summed E-state index contributed by atoms with van der Waals surface area (Å²) < 4.78 is 30.0. The first-order valence-electron chi connectivity index (χ1n) is 9.49. The van der Waals surface area contributed by atoms with Crippen molar-refractivity contribution in [2.45, 2.75) is 88.0 Å². The van der Waals surface area contributed by atoms with Crippen molar-refractivity contribution in [3.8, 4) is 0 Å². The summed E-state index contributed by atoms with van der Waals surface area (Å²) in [6.07, 6.45) is 11.7. The summed E-state index contributed by atoms with van der Waals surface area (Å²) in [7, 11) is 0. The quantitative estimate of drug-likeness (QED) is 0.794. The SMILES string of the molecule is C1CCC2(CC1)OCC(COCC1COC3(CCCCC3)O1)O2. The molecule has 0 aromatic heterocycles. The maximum atomic E-state index is 6.15. The zero-order chi connectivity index (χ0) is 15.6. The fraction of sp³-hybridized carbons (Fsp3) is 1.00. The van der Waals surface area contributed by atoms with Crippen LogP contribution in [0.4, 0.5) is 0 Å². The minimum Gasteiger partial charge on any atom is -0.376 e. The third-order valence-electron chi connectivity index (χ3n) is 5.67. The van der Waals surface area contributed by atoms with E-state index in [0.717, 1.165) is 25.7 Å². The van der Waals surface area contributed by atoms with Gasteiger partial charge in [0.1, 0.15) is 12.2 Å². The first-order valence-corrected chi connectivity index (χ1v) is 9.49. The van der Waals surface area contributed by atoms with Gasteiger partial charge >= 0.3 is 0 Å². The van der Waals surface area contributed by atoms with Crippen LogP contribution in [0.25, 0.3) is 0 Å². The van der Waals surface area contributed by atoms with E-state index < -0.39 is 0 Å². The van der Waals surface area contributed by atoms with Crippen LogP contribution < -0.4 is 0 Å². The summed E-state index contributed by atoms with van der Waals surface area (Å²) in [6.45, 7) is 2.50. The summed E-state index contributed by atoms with van der Waals surface area (Å²) in [5.41, 5.74) is 0. The van der Waals surface area contributed by atoms with Crippen molar-refractivity contribution in [3.63, 3.8) is 0 Å². The van der Waals surface area contributed by atoms with Gasteiger partial charge in [0.15, 0.2) is 11.6 Å². The lowest BCUT2D eigenvalue weighted by Gasteiger charge is -2.32. The standard InChI is InChI=1S/C18H30O5/c1-3-7-17(8-4-1)20-13-15(22-17)11-19-12-16-14-21-18(23-16)9-5-2-6-10-18/h15-16H,1-14H2. The molecule has 132 valence electrons. The van der Waals surface area contributed by atoms with E-state index in [1.165, 1.54) is 38.5 Å². The van der Waals surface area contributed by atoms with Crippen LogP contribution in [0.2, 0.25) is 0 Å².